The molecule has 1 aromatic rings. The number of halogens is 2. The molecule has 1 heterocycles. The van der Waals surface area contributed by atoms with E-state index in [9.17, 15) is 13.9 Å². The topological polar surface area (TPSA) is 32.3 Å². The average Bonchev–Trinajstić information content (AvgIpc) is 2.28. The molecule has 1 aliphatic rings. The van der Waals surface area contributed by atoms with Crippen molar-refractivity contribution < 1.29 is 13.9 Å². The summed E-state index contributed by atoms with van der Waals surface area (Å²) in [5.41, 5.74) is -0.434. The van der Waals surface area contributed by atoms with Gasteiger partial charge in [-0.3, -0.25) is 0 Å². The van der Waals surface area contributed by atoms with Gasteiger partial charge in [0.05, 0.1) is 5.60 Å². The van der Waals surface area contributed by atoms with Crippen LogP contribution < -0.4 is 5.32 Å². The van der Waals surface area contributed by atoms with Crippen LogP contribution >= 0.6 is 0 Å². The Bertz CT molecular complexity index is 394. The van der Waals surface area contributed by atoms with Crippen molar-refractivity contribution in [1.82, 2.24) is 5.32 Å². The van der Waals surface area contributed by atoms with Crippen LogP contribution in [0.25, 0.3) is 0 Å². The lowest BCUT2D eigenvalue weighted by Crippen LogP contribution is -2.45. The van der Waals surface area contributed by atoms with Gasteiger partial charge < -0.3 is 10.4 Å². The van der Waals surface area contributed by atoms with Crippen LogP contribution in [0.2, 0.25) is 0 Å². The number of aliphatic hydroxyl groups is 1. The minimum atomic E-state index is -0.937. The van der Waals surface area contributed by atoms with Gasteiger partial charge in [0.25, 0.3) is 0 Å². The van der Waals surface area contributed by atoms with E-state index in [2.05, 4.69) is 5.32 Å². The van der Waals surface area contributed by atoms with Crippen LogP contribution in [0.5, 0.6) is 0 Å². The van der Waals surface area contributed by atoms with Crippen molar-refractivity contribution in [1.29, 1.82) is 0 Å². The number of rotatable bonds is 3. The molecular weight excluding hydrogens is 236 g/mol. The fourth-order valence-corrected chi connectivity index (χ4v) is 2.65. The summed E-state index contributed by atoms with van der Waals surface area (Å²) in [6.07, 6.45) is 2.24. The summed E-state index contributed by atoms with van der Waals surface area (Å²) in [5, 5.41) is 13.7. The molecule has 0 radical (unpaired) electrons. The Hall–Kier alpha value is -1.00. The third kappa shape index (κ3) is 3.27. The van der Waals surface area contributed by atoms with Gasteiger partial charge in [0.1, 0.15) is 11.6 Å². The maximum atomic E-state index is 13.1. The molecule has 0 amide bonds. The van der Waals surface area contributed by atoms with Crippen molar-refractivity contribution >= 4 is 0 Å². The zero-order chi connectivity index (χ0) is 13.2. The van der Waals surface area contributed by atoms with Crippen molar-refractivity contribution in [2.45, 2.75) is 31.8 Å². The van der Waals surface area contributed by atoms with Gasteiger partial charge in [-0.25, -0.2) is 8.78 Å². The Morgan fingerprint density at radius 3 is 2.56 bits per heavy atom. The molecule has 1 aromatic carbocycles. The second-order valence-electron chi connectivity index (χ2n) is 5.35. The molecule has 1 aliphatic heterocycles. The first-order valence-corrected chi connectivity index (χ1v) is 6.35. The average molecular weight is 255 g/mol. The molecule has 0 spiro atoms. The van der Waals surface area contributed by atoms with E-state index < -0.39 is 17.2 Å². The molecule has 4 heteroatoms. The van der Waals surface area contributed by atoms with E-state index in [1.165, 1.54) is 12.1 Å². The van der Waals surface area contributed by atoms with Gasteiger partial charge >= 0.3 is 0 Å². The highest BCUT2D eigenvalue weighted by Crippen LogP contribution is 2.28. The van der Waals surface area contributed by atoms with Gasteiger partial charge in [-0.15, -0.1) is 0 Å². The summed E-state index contributed by atoms with van der Waals surface area (Å²) in [6, 6.07) is 3.42. The number of nitrogens with one attached hydrogen (secondary N) is 1. The molecule has 1 saturated heterocycles. The van der Waals surface area contributed by atoms with E-state index in [1.807, 2.05) is 0 Å². The number of hydrogen-bond acceptors (Lipinski definition) is 2. The van der Waals surface area contributed by atoms with Crippen molar-refractivity contribution in [2.75, 3.05) is 13.1 Å². The molecule has 0 saturated carbocycles. The first kappa shape index (κ1) is 13.4. The summed E-state index contributed by atoms with van der Waals surface area (Å²) < 4.78 is 26.2. The molecule has 2 atom stereocenters. The molecule has 18 heavy (non-hydrogen) atoms. The van der Waals surface area contributed by atoms with Gasteiger partial charge in [-0.1, -0.05) is 0 Å². The first-order chi connectivity index (χ1) is 8.47. The maximum absolute atomic E-state index is 13.1. The lowest BCUT2D eigenvalue weighted by atomic mass is 9.79. The highest BCUT2D eigenvalue weighted by molar-refractivity contribution is 5.20. The van der Waals surface area contributed by atoms with Crippen LogP contribution in [-0.2, 0) is 6.42 Å². The quantitative estimate of drug-likeness (QED) is 0.868. The van der Waals surface area contributed by atoms with Gasteiger partial charge in [0.15, 0.2) is 0 Å². The molecule has 2 nitrogen and oxygen atoms in total. The van der Waals surface area contributed by atoms with Gasteiger partial charge in [-0.05, 0) is 44.0 Å². The molecule has 100 valence electrons. The van der Waals surface area contributed by atoms with Gasteiger partial charge in [0, 0.05) is 24.9 Å². The predicted molar refractivity (Wildman–Crippen MR) is 66.3 cm³/mol. The third-order valence-electron chi connectivity index (χ3n) is 3.66. The monoisotopic (exact) mass is 255 g/mol. The standard InChI is InChI=1S/C14H19F2NO/c1-14(18,11-3-2-4-17-9-11)8-10-5-12(15)7-13(16)6-10/h5-7,11,17-18H,2-4,8-9H2,1H3. The zero-order valence-electron chi connectivity index (χ0n) is 10.5. The summed E-state index contributed by atoms with van der Waals surface area (Å²) in [7, 11) is 0. The lowest BCUT2D eigenvalue weighted by molar-refractivity contribution is -0.0103. The fourth-order valence-electron chi connectivity index (χ4n) is 2.65. The van der Waals surface area contributed by atoms with Gasteiger partial charge in [-0.2, -0.15) is 0 Å². The number of hydrogen-bond donors (Lipinski definition) is 2. The molecule has 0 aromatic heterocycles. The van der Waals surface area contributed by atoms with Crippen molar-refractivity contribution in [3.8, 4) is 0 Å². The Morgan fingerprint density at radius 2 is 2.00 bits per heavy atom. The zero-order valence-corrected chi connectivity index (χ0v) is 10.5. The second kappa shape index (κ2) is 5.33. The van der Waals surface area contributed by atoms with E-state index >= 15 is 0 Å². The van der Waals surface area contributed by atoms with Crippen molar-refractivity contribution in [3.05, 3.63) is 35.4 Å². The second-order valence-corrected chi connectivity index (χ2v) is 5.35. The van der Waals surface area contributed by atoms with Crippen LogP contribution in [0.4, 0.5) is 8.78 Å². The Morgan fingerprint density at radius 1 is 1.33 bits per heavy atom. The van der Waals surface area contributed by atoms with E-state index in [0.29, 0.717) is 5.56 Å². The number of piperidine rings is 1. The maximum Gasteiger partial charge on any atom is 0.126 e. The summed E-state index contributed by atoms with van der Waals surface area (Å²) in [6.45, 7) is 3.47. The third-order valence-corrected chi connectivity index (χ3v) is 3.66. The van der Waals surface area contributed by atoms with Gasteiger partial charge in [0.2, 0.25) is 0 Å². The normalized spacial score (nSPS) is 23.7. The molecule has 1 fully saturated rings. The smallest absolute Gasteiger partial charge is 0.126 e. The Labute approximate surface area is 106 Å². The van der Waals surface area contributed by atoms with Crippen LogP contribution in [-0.4, -0.2) is 23.8 Å². The number of benzene rings is 1. The SMILES string of the molecule is CC(O)(Cc1cc(F)cc(F)c1)C1CCCNC1. The molecular formula is C14H19F2NO. The van der Waals surface area contributed by atoms with E-state index in [4.69, 9.17) is 0 Å². The van der Waals surface area contributed by atoms with Crippen LogP contribution in [0.3, 0.4) is 0 Å². The van der Waals surface area contributed by atoms with E-state index in [0.717, 1.165) is 32.0 Å². The summed E-state index contributed by atoms with van der Waals surface area (Å²) >= 11 is 0. The molecule has 2 unspecified atom stereocenters. The molecule has 0 bridgehead atoms. The van der Waals surface area contributed by atoms with Crippen LogP contribution in [0, 0.1) is 17.6 Å². The predicted octanol–water partition coefficient (Wildman–Crippen LogP) is 2.26. The largest absolute Gasteiger partial charge is 0.389 e. The summed E-state index contributed by atoms with van der Waals surface area (Å²) in [4.78, 5) is 0. The van der Waals surface area contributed by atoms with Crippen LogP contribution in [0.15, 0.2) is 18.2 Å². The molecule has 2 rings (SSSR count). The lowest BCUT2D eigenvalue weighted by Gasteiger charge is -2.36. The van der Waals surface area contributed by atoms with Crippen molar-refractivity contribution in [2.24, 2.45) is 5.92 Å². The fraction of sp³-hybridized carbons (Fsp3) is 0.571. The van der Waals surface area contributed by atoms with E-state index in [-0.39, 0.29) is 12.3 Å². The Balaban J connectivity index is 2.10. The minimum absolute atomic E-state index is 0.123. The molecule has 0 aliphatic carbocycles. The summed E-state index contributed by atoms with van der Waals surface area (Å²) in [5.74, 6) is -1.07. The van der Waals surface area contributed by atoms with E-state index in [1.54, 1.807) is 6.92 Å². The minimum Gasteiger partial charge on any atom is -0.389 e. The van der Waals surface area contributed by atoms with Crippen molar-refractivity contribution in [3.63, 3.8) is 0 Å². The molecule has 2 N–H and O–H groups in total. The van der Waals surface area contributed by atoms with Crippen LogP contribution in [0.1, 0.15) is 25.3 Å². The highest BCUT2D eigenvalue weighted by atomic mass is 19.1. The first-order valence-electron chi connectivity index (χ1n) is 6.35. The highest BCUT2D eigenvalue weighted by Gasteiger charge is 2.33. The Kier molecular flexibility index (Phi) is 3.97.